The molecule has 1 fully saturated rings. The van der Waals surface area contributed by atoms with E-state index in [0.717, 1.165) is 38.5 Å². The van der Waals surface area contributed by atoms with Gasteiger partial charge in [-0.3, -0.25) is 0 Å². The van der Waals surface area contributed by atoms with E-state index in [0.29, 0.717) is 5.92 Å². The zero-order valence-corrected chi connectivity index (χ0v) is 14.7. The molecule has 2 heteroatoms. The van der Waals surface area contributed by atoms with Gasteiger partial charge >= 0.3 is 0 Å². The average Bonchev–Trinajstić information content (AvgIpc) is 2.89. The Morgan fingerprint density at radius 1 is 1.36 bits per heavy atom. The highest BCUT2D eigenvalue weighted by Gasteiger charge is 2.44. The van der Waals surface area contributed by atoms with Crippen molar-refractivity contribution in [1.29, 1.82) is 0 Å². The van der Waals surface area contributed by atoms with Gasteiger partial charge in [0, 0.05) is 0 Å². The number of hydrogen-bond acceptors (Lipinski definition) is 2. The normalized spacial score (nSPS) is 28.8. The number of aliphatic hydroxyl groups is 1. The first-order valence-corrected chi connectivity index (χ1v) is 8.70. The summed E-state index contributed by atoms with van der Waals surface area (Å²) in [6.45, 7) is 8.91. The van der Waals surface area contributed by atoms with Gasteiger partial charge in [0.25, 0.3) is 0 Å². The standard InChI is InChI=1S/C20H32O2/c1-16(7-5-8-17-11-14-22-15-17)9-10-18-19(2,3)12-6-13-20(18,4)21/h7,11,14-15,18,21H,5-6,8-10,12-13H2,1-4H3/b16-7+/t18?,20-/m1/s1. The Bertz CT molecular complexity index is 464. The molecule has 1 aromatic heterocycles. The molecule has 0 aliphatic heterocycles. The monoisotopic (exact) mass is 304 g/mol. The van der Waals surface area contributed by atoms with E-state index in [1.54, 1.807) is 6.26 Å². The molecule has 1 N–H and O–H groups in total. The lowest BCUT2D eigenvalue weighted by Crippen LogP contribution is -2.46. The number of allylic oxidation sites excluding steroid dienone is 2. The lowest BCUT2D eigenvalue weighted by Gasteiger charge is -2.48. The number of rotatable bonds is 6. The molecule has 0 radical (unpaired) electrons. The SMILES string of the molecule is C/C(=C\CCc1ccoc1)CCC1C(C)(C)CCC[C@@]1(C)O. The Kier molecular flexibility index (Phi) is 5.55. The molecule has 0 saturated heterocycles. The molecule has 124 valence electrons. The molecule has 0 amide bonds. The predicted molar refractivity (Wildman–Crippen MR) is 91.8 cm³/mol. The molecule has 0 bridgehead atoms. The third kappa shape index (κ3) is 4.49. The summed E-state index contributed by atoms with van der Waals surface area (Å²) in [6, 6.07) is 2.03. The van der Waals surface area contributed by atoms with Crippen molar-refractivity contribution in [3.05, 3.63) is 35.8 Å². The highest BCUT2D eigenvalue weighted by molar-refractivity contribution is 5.08. The van der Waals surface area contributed by atoms with Crippen molar-refractivity contribution in [3.63, 3.8) is 0 Å². The van der Waals surface area contributed by atoms with Crippen molar-refractivity contribution in [2.45, 2.75) is 78.2 Å². The molecule has 1 unspecified atom stereocenters. The Labute approximate surface area is 135 Å². The first kappa shape index (κ1) is 17.3. The molecule has 2 rings (SSSR count). The first-order chi connectivity index (χ1) is 10.3. The minimum absolute atomic E-state index is 0.249. The Hall–Kier alpha value is -1.02. The fraction of sp³-hybridized carbons (Fsp3) is 0.700. The largest absolute Gasteiger partial charge is 0.472 e. The van der Waals surface area contributed by atoms with Crippen LogP contribution in [0.4, 0.5) is 0 Å². The van der Waals surface area contributed by atoms with E-state index in [1.807, 2.05) is 19.3 Å². The molecule has 22 heavy (non-hydrogen) atoms. The second-order valence-electron chi connectivity index (χ2n) is 8.01. The van der Waals surface area contributed by atoms with E-state index in [1.165, 1.54) is 17.6 Å². The quantitative estimate of drug-likeness (QED) is 0.702. The number of aryl methyl sites for hydroxylation is 1. The van der Waals surface area contributed by atoms with E-state index < -0.39 is 5.60 Å². The van der Waals surface area contributed by atoms with Crippen LogP contribution in [0.3, 0.4) is 0 Å². The van der Waals surface area contributed by atoms with Crippen LogP contribution in [-0.4, -0.2) is 10.7 Å². The fourth-order valence-electron chi connectivity index (χ4n) is 4.19. The molecule has 0 spiro atoms. The molecule has 2 nitrogen and oxygen atoms in total. The summed E-state index contributed by atoms with van der Waals surface area (Å²) >= 11 is 0. The third-order valence-corrected chi connectivity index (χ3v) is 5.53. The highest BCUT2D eigenvalue weighted by Crippen LogP contribution is 2.48. The van der Waals surface area contributed by atoms with Gasteiger partial charge < -0.3 is 9.52 Å². The third-order valence-electron chi connectivity index (χ3n) is 5.53. The van der Waals surface area contributed by atoms with Crippen molar-refractivity contribution in [2.75, 3.05) is 0 Å². The molecule has 0 aromatic carbocycles. The Morgan fingerprint density at radius 2 is 2.14 bits per heavy atom. The molecule has 1 heterocycles. The second kappa shape index (κ2) is 7.04. The van der Waals surface area contributed by atoms with Gasteiger partial charge in [0.2, 0.25) is 0 Å². The van der Waals surface area contributed by atoms with Crippen LogP contribution in [0.15, 0.2) is 34.7 Å². The fourth-order valence-corrected chi connectivity index (χ4v) is 4.19. The van der Waals surface area contributed by atoms with Gasteiger partial charge in [0.05, 0.1) is 18.1 Å². The van der Waals surface area contributed by atoms with Gasteiger partial charge in [-0.05, 0) is 75.3 Å². The molecular weight excluding hydrogens is 272 g/mol. The molecule has 1 aliphatic rings. The van der Waals surface area contributed by atoms with Crippen molar-refractivity contribution >= 4 is 0 Å². The molecule has 1 aliphatic carbocycles. The summed E-state index contributed by atoms with van der Waals surface area (Å²) in [5, 5.41) is 10.8. The maximum Gasteiger partial charge on any atom is 0.0934 e. The summed E-state index contributed by atoms with van der Waals surface area (Å²) in [4.78, 5) is 0. The minimum atomic E-state index is -0.501. The van der Waals surface area contributed by atoms with Gasteiger partial charge in [0.15, 0.2) is 0 Å². The first-order valence-electron chi connectivity index (χ1n) is 8.70. The average molecular weight is 304 g/mol. The number of furan rings is 1. The predicted octanol–water partition coefficient (Wildman–Crippen LogP) is 5.52. The number of hydrogen-bond donors (Lipinski definition) is 1. The molecule has 1 aromatic rings. The van der Waals surface area contributed by atoms with Crippen molar-refractivity contribution < 1.29 is 9.52 Å². The van der Waals surface area contributed by atoms with E-state index in [-0.39, 0.29) is 5.41 Å². The topological polar surface area (TPSA) is 33.4 Å². The van der Waals surface area contributed by atoms with Crippen LogP contribution in [0.25, 0.3) is 0 Å². The van der Waals surface area contributed by atoms with Gasteiger partial charge in [0.1, 0.15) is 0 Å². The Morgan fingerprint density at radius 3 is 2.77 bits per heavy atom. The van der Waals surface area contributed by atoms with Crippen LogP contribution in [0.1, 0.15) is 71.8 Å². The second-order valence-corrected chi connectivity index (χ2v) is 8.01. The van der Waals surface area contributed by atoms with Gasteiger partial charge in [-0.15, -0.1) is 0 Å². The minimum Gasteiger partial charge on any atom is -0.472 e. The Balaban J connectivity index is 1.84. The summed E-state index contributed by atoms with van der Waals surface area (Å²) in [5.41, 5.74) is 2.46. The summed E-state index contributed by atoms with van der Waals surface area (Å²) < 4.78 is 5.10. The summed E-state index contributed by atoms with van der Waals surface area (Å²) in [5.74, 6) is 0.394. The molecule has 2 atom stereocenters. The lowest BCUT2D eigenvalue weighted by molar-refractivity contribution is -0.0918. The van der Waals surface area contributed by atoms with Crippen molar-refractivity contribution in [1.82, 2.24) is 0 Å². The maximum absolute atomic E-state index is 10.8. The van der Waals surface area contributed by atoms with Crippen LogP contribution in [0.5, 0.6) is 0 Å². The zero-order chi connectivity index (χ0) is 16.2. The van der Waals surface area contributed by atoms with Crippen LogP contribution < -0.4 is 0 Å². The smallest absolute Gasteiger partial charge is 0.0934 e. The van der Waals surface area contributed by atoms with Crippen molar-refractivity contribution in [2.24, 2.45) is 11.3 Å². The van der Waals surface area contributed by atoms with E-state index >= 15 is 0 Å². The summed E-state index contributed by atoms with van der Waals surface area (Å²) in [6.07, 6.45) is 13.5. The van der Waals surface area contributed by atoms with Crippen LogP contribution in [0, 0.1) is 11.3 Å². The van der Waals surface area contributed by atoms with E-state index in [4.69, 9.17) is 4.42 Å². The van der Waals surface area contributed by atoms with Gasteiger partial charge in [-0.25, -0.2) is 0 Å². The lowest BCUT2D eigenvalue weighted by atomic mass is 9.60. The zero-order valence-electron chi connectivity index (χ0n) is 14.7. The van der Waals surface area contributed by atoms with E-state index in [2.05, 4.69) is 26.8 Å². The van der Waals surface area contributed by atoms with Gasteiger partial charge in [-0.1, -0.05) is 31.9 Å². The molecular formula is C20H32O2. The van der Waals surface area contributed by atoms with Crippen LogP contribution in [-0.2, 0) is 6.42 Å². The van der Waals surface area contributed by atoms with Gasteiger partial charge in [-0.2, -0.15) is 0 Å². The van der Waals surface area contributed by atoms with Crippen molar-refractivity contribution in [3.8, 4) is 0 Å². The maximum atomic E-state index is 10.8. The molecule has 1 saturated carbocycles. The van der Waals surface area contributed by atoms with E-state index in [9.17, 15) is 5.11 Å². The van der Waals surface area contributed by atoms with Crippen LogP contribution in [0.2, 0.25) is 0 Å². The van der Waals surface area contributed by atoms with Crippen LogP contribution >= 0.6 is 0 Å². The summed E-state index contributed by atoms with van der Waals surface area (Å²) in [7, 11) is 0. The highest BCUT2D eigenvalue weighted by atomic mass is 16.3.